The van der Waals surface area contributed by atoms with Crippen LogP contribution in [0.25, 0.3) is 0 Å². The number of nitrogens with zero attached hydrogens (tertiary/aromatic N) is 1. The van der Waals surface area contributed by atoms with Crippen molar-refractivity contribution in [3.63, 3.8) is 0 Å². The van der Waals surface area contributed by atoms with Crippen molar-refractivity contribution in [1.29, 1.82) is 0 Å². The second-order valence-electron chi connectivity index (χ2n) is 6.16. The Kier molecular flexibility index (Phi) is 4.11. The lowest BCUT2D eigenvalue weighted by atomic mass is 9.88. The zero-order valence-electron chi connectivity index (χ0n) is 12.9. The maximum absolute atomic E-state index is 2.55. The second kappa shape index (κ2) is 5.85. The first-order valence-electron chi connectivity index (χ1n) is 7.91. The van der Waals surface area contributed by atoms with Crippen molar-refractivity contribution in [1.82, 2.24) is 0 Å². The van der Waals surface area contributed by atoms with E-state index in [9.17, 15) is 0 Å². The summed E-state index contributed by atoms with van der Waals surface area (Å²) in [6.45, 7) is 6.89. The fourth-order valence-corrected chi connectivity index (χ4v) is 5.12. The van der Waals surface area contributed by atoms with Crippen molar-refractivity contribution in [2.75, 3.05) is 4.90 Å². The summed E-state index contributed by atoms with van der Waals surface area (Å²) in [4.78, 5) is 4.21. The summed E-state index contributed by atoms with van der Waals surface area (Å²) in [6, 6.07) is 8.78. The summed E-state index contributed by atoms with van der Waals surface area (Å²) in [6.07, 6.45) is 7.06. The SMILES string of the molecule is CC1=C(C2CCCCC2)SC(C)N1c1ccccc1C. The molecule has 3 rings (SSSR count). The van der Waals surface area contributed by atoms with Crippen LogP contribution < -0.4 is 4.90 Å². The monoisotopic (exact) mass is 287 g/mol. The molecule has 1 heterocycles. The van der Waals surface area contributed by atoms with E-state index in [1.807, 2.05) is 0 Å². The van der Waals surface area contributed by atoms with Crippen molar-refractivity contribution in [2.45, 2.75) is 58.2 Å². The number of benzene rings is 1. The standard InChI is InChI=1S/C18H25NS/c1-13-9-7-8-12-17(13)19-14(2)18(20-15(19)3)16-10-5-4-6-11-16/h7-9,12,15-16H,4-6,10-11H2,1-3H3. The molecule has 0 bridgehead atoms. The average molecular weight is 287 g/mol. The van der Waals surface area contributed by atoms with E-state index in [0.717, 1.165) is 5.92 Å². The number of hydrogen-bond acceptors (Lipinski definition) is 2. The van der Waals surface area contributed by atoms with Gasteiger partial charge in [-0.25, -0.2) is 0 Å². The zero-order chi connectivity index (χ0) is 14.1. The molecule has 0 aromatic heterocycles. The highest BCUT2D eigenvalue weighted by Crippen LogP contribution is 2.48. The first-order chi connectivity index (χ1) is 9.68. The number of allylic oxidation sites excluding steroid dienone is 2. The van der Waals surface area contributed by atoms with Gasteiger partial charge in [0.25, 0.3) is 0 Å². The topological polar surface area (TPSA) is 3.24 Å². The predicted molar refractivity (Wildman–Crippen MR) is 90.0 cm³/mol. The second-order valence-corrected chi connectivity index (χ2v) is 7.52. The molecule has 1 nitrogen and oxygen atoms in total. The fourth-order valence-electron chi connectivity index (χ4n) is 3.68. The fraction of sp³-hybridized carbons (Fsp3) is 0.556. The van der Waals surface area contributed by atoms with E-state index >= 15 is 0 Å². The van der Waals surface area contributed by atoms with Crippen molar-refractivity contribution < 1.29 is 0 Å². The highest BCUT2D eigenvalue weighted by Gasteiger charge is 2.33. The van der Waals surface area contributed by atoms with Gasteiger partial charge in [-0.15, -0.1) is 11.8 Å². The van der Waals surface area contributed by atoms with Gasteiger partial charge in [0.1, 0.15) is 0 Å². The van der Waals surface area contributed by atoms with E-state index in [1.54, 1.807) is 4.91 Å². The Bertz CT molecular complexity index is 514. The maximum atomic E-state index is 2.55. The molecule has 0 radical (unpaired) electrons. The molecule has 1 aromatic carbocycles. The third kappa shape index (κ3) is 2.50. The molecule has 1 aliphatic carbocycles. The Morgan fingerprint density at radius 1 is 1.05 bits per heavy atom. The first kappa shape index (κ1) is 14.1. The van der Waals surface area contributed by atoms with Gasteiger partial charge in [0.05, 0.1) is 5.37 Å². The molecule has 1 aromatic rings. The average Bonchev–Trinajstić information content (AvgIpc) is 2.76. The minimum Gasteiger partial charge on any atom is -0.332 e. The van der Waals surface area contributed by atoms with Crippen LogP contribution in [0.3, 0.4) is 0 Å². The van der Waals surface area contributed by atoms with Crippen molar-refractivity contribution in [3.8, 4) is 0 Å². The highest BCUT2D eigenvalue weighted by molar-refractivity contribution is 8.04. The quantitative estimate of drug-likeness (QED) is 0.685. The Hall–Kier alpha value is -0.890. The maximum Gasteiger partial charge on any atom is 0.0812 e. The molecule has 1 unspecified atom stereocenters. The lowest BCUT2D eigenvalue weighted by Gasteiger charge is -2.27. The van der Waals surface area contributed by atoms with E-state index in [1.165, 1.54) is 49.1 Å². The summed E-state index contributed by atoms with van der Waals surface area (Å²) in [5.74, 6) is 0.824. The van der Waals surface area contributed by atoms with E-state index in [-0.39, 0.29) is 0 Å². The van der Waals surface area contributed by atoms with Gasteiger partial charge in [-0.05, 0) is 51.2 Å². The largest absolute Gasteiger partial charge is 0.332 e. The Balaban J connectivity index is 1.92. The van der Waals surface area contributed by atoms with Crippen LogP contribution in [0, 0.1) is 12.8 Å². The number of thioether (sulfide) groups is 1. The lowest BCUT2D eigenvalue weighted by molar-refractivity contribution is 0.413. The lowest BCUT2D eigenvalue weighted by Crippen LogP contribution is -2.25. The molecule has 108 valence electrons. The van der Waals surface area contributed by atoms with Gasteiger partial charge in [0, 0.05) is 16.3 Å². The number of para-hydroxylation sites is 1. The number of hydrogen-bond donors (Lipinski definition) is 0. The molecule has 0 saturated heterocycles. The van der Waals surface area contributed by atoms with Gasteiger partial charge in [-0.1, -0.05) is 37.5 Å². The molecule has 2 aliphatic rings. The summed E-state index contributed by atoms with van der Waals surface area (Å²) in [5, 5.41) is 0.535. The van der Waals surface area contributed by atoms with Gasteiger partial charge >= 0.3 is 0 Å². The van der Waals surface area contributed by atoms with E-state index < -0.39 is 0 Å². The molecule has 20 heavy (non-hydrogen) atoms. The smallest absolute Gasteiger partial charge is 0.0812 e. The van der Waals surface area contributed by atoms with E-state index in [2.05, 4.69) is 61.7 Å². The van der Waals surface area contributed by atoms with Crippen molar-refractivity contribution in [2.24, 2.45) is 5.92 Å². The minimum absolute atomic E-state index is 0.535. The molecular weight excluding hydrogens is 262 g/mol. The Morgan fingerprint density at radius 3 is 2.45 bits per heavy atom. The van der Waals surface area contributed by atoms with Crippen LogP contribution >= 0.6 is 11.8 Å². The predicted octanol–water partition coefficient (Wildman–Crippen LogP) is 5.71. The molecule has 1 fully saturated rings. The van der Waals surface area contributed by atoms with Crippen LogP contribution in [0.5, 0.6) is 0 Å². The zero-order valence-corrected chi connectivity index (χ0v) is 13.7. The van der Waals surface area contributed by atoms with Gasteiger partial charge in [-0.3, -0.25) is 0 Å². The molecule has 2 heteroatoms. The summed E-state index contributed by atoms with van der Waals surface area (Å²) < 4.78 is 0. The van der Waals surface area contributed by atoms with Gasteiger partial charge < -0.3 is 4.90 Å². The molecule has 1 atom stereocenters. The molecule has 0 spiro atoms. The molecule has 1 aliphatic heterocycles. The Labute approximate surface area is 127 Å². The van der Waals surface area contributed by atoms with Gasteiger partial charge in [-0.2, -0.15) is 0 Å². The summed E-state index contributed by atoms with van der Waals surface area (Å²) in [5.41, 5.74) is 4.27. The van der Waals surface area contributed by atoms with E-state index in [0.29, 0.717) is 5.37 Å². The third-order valence-electron chi connectivity index (χ3n) is 4.73. The molecule has 1 saturated carbocycles. The normalized spacial score (nSPS) is 24.6. The minimum atomic E-state index is 0.535. The number of anilines is 1. The van der Waals surface area contributed by atoms with Crippen LogP contribution in [-0.4, -0.2) is 5.37 Å². The number of rotatable bonds is 2. The number of aryl methyl sites for hydroxylation is 1. The van der Waals surface area contributed by atoms with Crippen LogP contribution in [0.1, 0.15) is 51.5 Å². The van der Waals surface area contributed by atoms with Crippen LogP contribution in [0.4, 0.5) is 5.69 Å². The first-order valence-corrected chi connectivity index (χ1v) is 8.78. The van der Waals surface area contributed by atoms with Crippen LogP contribution in [0.2, 0.25) is 0 Å². The van der Waals surface area contributed by atoms with Gasteiger partial charge in [0.2, 0.25) is 0 Å². The Morgan fingerprint density at radius 2 is 1.75 bits per heavy atom. The van der Waals surface area contributed by atoms with Crippen molar-refractivity contribution >= 4 is 17.4 Å². The van der Waals surface area contributed by atoms with Crippen molar-refractivity contribution in [3.05, 3.63) is 40.4 Å². The third-order valence-corrected chi connectivity index (χ3v) is 6.16. The molecular formula is C18H25NS. The summed E-state index contributed by atoms with van der Waals surface area (Å²) >= 11 is 2.10. The summed E-state index contributed by atoms with van der Waals surface area (Å²) in [7, 11) is 0. The van der Waals surface area contributed by atoms with Crippen LogP contribution in [0.15, 0.2) is 34.9 Å². The van der Waals surface area contributed by atoms with Crippen LogP contribution in [-0.2, 0) is 0 Å². The highest BCUT2D eigenvalue weighted by atomic mass is 32.2. The van der Waals surface area contributed by atoms with E-state index in [4.69, 9.17) is 0 Å². The van der Waals surface area contributed by atoms with Gasteiger partial charge in [0.15, 0.2) is 0 Å². The molecule has 0 amide bonds. The molecule has 0 N–H and O–H groups in total.